The van der Waals surface area contributed by atoms with Gasteiger partial charge in [0.2, 0.25) is 0 Å². The molecule has 0 amide bonds. The van der Waals surface area contributed by atoms with E-state index in [1.54, 1.807) is 7.05 Å². The Morgan fingerprint density at radius 1 is 1.44 bits per heavy atom. The fourth-order valence-corrected chi connectivity index (χ4v) is 3.19. The van der Waals surface area contributed by atoms with Crippen molar-refractivity contribution in [3.8, 4) is 0 Å². The Hall–Kier alpha value is 0.0800. The number of halogens is 1. The maximum absolute atomic E-state index is 12.1. The Morgan fingerprint density at radius 2 is 2.06 bits per heavy atom. The maximum Gasteiger partial charge on any atom is 0.279 e. The second kappa shape index (κ2) is 7.62. The SMILES string of the molecule is CNC(C)CNS(=O)(=O)N1CC(C)OCC1C.Cl. The highest BCUT2D eigenvalue weighted by Crippen LogP contribution is 2.14. The number of hydrogen-bond acceptors (Lipinski definition) is 4. The average molecular weight is 302 g/mol. The van der Waals surface area contributed by atoms with E-state index in [0.29, 0.717) is 19.7 Å². The smallest absolute Gasteiger partial charge is 0.279 e. The number of rotatable bonds is 5. The summed E-state index contributed by atoms with van der Waals surface area (Å²) in [5.74, 6) is 0. The van der Waals surface area contributed by atoms with Crippen LogP contribution in [-0.4, -0.2) is 57.7 Å². The molecule has 0 aromatic rings. The first-order valence-electron chi connectivity index (χ1n) is 5.92. The highest BCUT2D eigenvalue weighted by molar-refractivity contribution is 7.87. The van der Waals surface area contributed by atoms with Gasteiger partial charge in [0.25, 0.3) is 10.2 Å². The van der Waals surface area contributed by atoms with Crippen molar-refractivity contribution in [2.45, 2.75) is 39.0 Å². The predicted octanol–water partition coefficient (Wildman–Crippen LogP) is -0.0403. The minimum Gasteiger partial charge on any atom is -0.375 e. The lowest BCUT2D eigenvalue weighted by Crippen LogP contribution is -2.55. The van der Waals surface area contributed by atoms with Gasteiger partial charge in [-0.15, -0.1) is 12.4 Å². The molecule has 110 valence electrons. The van der Waals surface area contributed by atoms with Gasteiger partial charge >= 0.3 is 0 Å². The molecular weight excluding hydrogens is 278 g/mol. The minimum absolute atomic E-state index is 0. The lowest BCUT2D eigenvalue weighted by molar-refractivity contribution is -0.0175. The van der Waals surface area contributed by atoms with Crippen LogP contribution in [0, 0.1) is 0 Å². The lowest BCUT2D eigenvalue weighted by atomic mass is 10.2. The fraction of sp³-hybridized carbons (Fsp3) is 1.00. The van der Waals surface area contributed by atoms with Gasteiger partial charge in [-0.2, -0.15) is 12.7 Å². The van der Waals surface area contributed by atoms with Crippen molar-refractivity contribution in [2.75, 3.05) is 26.7 Å². The second-order valence-corrected chi connectivity index (χ2v) is 6.31. The summed E-state index contributed by atoms with van der Waals surface area (Å²) in [6, 6.07) is -0.00728. The van der Waals surface area contributed by atoms with Gasteiger partial charge in [-0.25, -0.2) is 4.72 Å². The molecule has 0 radical (unpaired) electrons. The molecule has 1 fully saturated rings. The van der Waals surface area contributed by atoms with Gasteiger partial charge in [-0.1, -0.05) is 0 Å². The third-order valence-electron chi connectivity index (χ3n) is 2.92. The van der Waals surface area contributed by atoms with E-state index >= 15 is 0 Å². The van der Waals surface area contributed by atoms with Gasteiger partial charge in [-0.3, -0.25) is 0 Å². The molecule has 0 aromatic heterocycles. The van der Waals surface area contributed by atoms with E-state index in [0.717, 1.165) is 0 Å². The summed E-state index contributed by atoms with van der Waals surface area (Å²) in [5.41, 5.74) is 0. The van der Waals surface area contributed by atoms with E-state index in [4.69, 9.17) is 4.74 Å². The Kier molecular flexibility index (Phi) is 7.65. The van der Waals surface area contributed by atoms with Gasteiger partial charge in [-0.05, 0) is 27.8 Å². The molecule has 18 heavy (non-hydrogen) atoms. The molecule has 0 bridgehead atoms. The molecule has 1 saturated heterocycles. The number of morpholine rings is 1. The summed E-state index contributed by atoms with van der Waals surface area (Å²) in [6.45, 7) is 6.90. The van der Waals surface area contributed by atoms with Gasteiger partial charge in [0.05, 0.1) is 12.7 Å². The number of nitrogens with zero attached hydrogens (tertiary/aromatic N) is 1. The molecule has 8 heteroatoms. The molecule has 0 saturated carbocycles. The topological polar surface area (TPSA) is 70.7 Å². The number of ether oxygens (including phenoxy) is 1. The molecule has 6 nitrogen and oxygen atoms in total. The van der Waals surface area contributed by atoms with Crippen molar-refractivity contribution < 1.29 is 13.2 Å². The molecule has 0 aromatic carbocycles. The van der Waals surface area contributed by atoms with Crippen LogP contribution in [0.1, 0.15) is 20.8 Å². The number of nitrogens with one attached hydrogen (secondary N) is 2. The highest BCUT2D eigenvalue weighted by atomic mass is 35.5. The zero-order valence-electron chi connectivity index (χ0n) is 11.3. The Morgan fingerprint density at radius 3 is 2.61 bits per heavy atom. The first-order chi connectivity index (χ1) is 7.86. The van der Waals surface area contributed by atoms with Crippen molar-refractivity contribution in [3.63, 3.8) is 0 Å². The van der Waals surface area contributed by atoms with Gasteiger partial charge in [0.1, 0.15) is 0 Å². The minimum atomic E-state index is -3.41. The third-order valence-corrected chi connectivity index (χ3v) is 4.58. The number of hydrogen-bond donors (Lipinski definition) is 2. The second-order valence-electron chi connectivity index (χ2n) is 4.61. The largest absolute Gasteiger partial charge is 0.375 e. The van der Waals surface area contributed by atoms with Gasteiger partial charge < -0.3 is 10.1 Å². The summed E-state index contributed by atoms with van der Waals surface area (Å²) in [5, 5.41) is 2.99. The van der Waals surface area contributed by atoms with Crippen LogP contribution in [0.4, 0.5) is 0 Å². The predicted molar refractivity (Wildman–Crippen MR) is 74.3 cm³/mol. The summed E-state index contributed by atoms with van der Waals surface area (Å²) in [7, 11) is -1.60. The van der Waals surface area contributed by atoms with E-state index in [1.165, 1.54) is 4.31 Å². The molecule has 0 spiro atoms. The Balaban J connectivity index is 0.00000289. The standard InChI is InChI=1S/C10H23N3O3S.ClH/c1-8(11-4)5-12-17(14,15)13-6-10(3)16-7-9(13)2;/h8-12H,5-7H2,1-4H3;1H. The first kappa shape index (κ1) is 18.1. The van der Waals surface area contributed by atoms with Crippen LogP contribution >= 0.6 is 12.4 Å². The third kappa shape index (κ3) is 4.99. The lowest BCUT2D eigenvalue weighted by Gasteiger charge is -2.35. The van der Waals surface area contributed by atoms with Crippen LogP contribution in [0.3, 0.4) is 0 Å². The molecule has 1 aliphatic heterocycles. The molecule has 1 aliphatic rings. The van der Waals surface area contributed by atoms with E-state index in [-0.39, 0.29) is 30.6 Å². The molecular formula is C10H24ClN3O3S. The van der Waals surface area contributed by atoms with Crippen molar-refractivity contribution in [1.29, 1.82) is 0 Å². The molecule has 3 atom stereocenters. The maximum atomic E-state index is 12.1. The summed E-state index contributed by atoms with van der Waals surface area (Å²) >= 11 is 0. The van der Waals surface area contributed by atoms with Crippen LogP contribution in [0.15, 0.2) is 0 Å². The van der Waals surface area contributed by atoms with Crippen LogP contribution in [0.2, 0.25) is 0 Å². The zero-order chi connectivity index (χ0) is 13.1. The van der Waals surface area contributed by atoms with E-state index in [2.05, 4.69) is 10.0 Å². The van der Waals surface area contributed by atoms with E-state index in [9.17, 15) is 8.42 Å². The fourth-order valence-electron chi connectivity index (χ4n) is 1.62. The van der Waals surface area contributed by atoms with Crippen LogP contribution < -0.4 is 10.0 Å². The molecule has 2 N–H and O–H groups in total. The summed E-state index contributed by atoms with van der Waals surface area (Å²) in [6.07, 6.45) is -0.0514. The normalized spacial score (nSPS) is 27.6. The number of likely N-dealkylation sites (N-methyl/N-ethyl adjacent to an activating group) is 1. The Labute approximate surface area is 116 Å². The van der Waals surface area contributed by atoms with Crippen LogP contribution in [-0.2, 0) is 14.9 Å². The monoisotopic (exact) mass is 301 g/mol. The van der Waals surface area contributed by atoms with Crippen molar-refractivity contribution >= 4 is 22.6 Å². The highest BCUT2D eigenvalue weighted by Gasteiger charge is 2.32. The van der Waals surface area contributed by atoms with Crippen molar-refractivity contribution in [3.05, 3.63) is 0 Å². The van der Waals surface area contributed by atoms with Crippen molar-refractivity contribution in [2.24, 2.45) is 0 Å². The van der Waals surface area contributed by atoms with Crippen LogP contribution in [0.25, 0.3) is 0 Å². The quantitative estimate of drug-likeness (QED) is 0.747. The molecule has 3 unspecified atom stereocenters. The van der Waals surface area contributed by atoms with Crippen molar-refractivity contribution in [1.82, 2.24) is 14.3 Å². The first-order valence-corrected chi connectivity index (χ1v) is 7.36. The molecule has 1 rings (SSSR count). The Bertz CT molecular complexity index is 339. The average Bonchev–Trinajstić information content (AvgIpc) is 2.29. The van der Waals surface area contributed by atoms with Gasteiger partial charge in [0.15, 0.2) is 0 Å². The molecule has 0 aliphatic carbocycles. The van der Waals surface area contributed by atoms with E-state index < -0.39 is 10.2 Å². The zero-order valence-corrected chi connectivity index (χ0v) is 13.0. The van der Waals surface area contributed by atoms with Crippen LogP contribution in [0.5, 0.6) is 0 Å². The van der Waals surface area contributed by atoms with E-state index in [1.807, 2.05) is 20.8 Å². The summed E-state index contributed by atoms with van der Waals surface area (Å²) in [4.78, 5) is 0. The van der Waals surface area contributed by atoms with Gasteiger partial charge in [0, 0.05) is 25.2 Å². The summed E-state index contributed by atoms with van der Waals surface area (Å²) < 4.78 is 33.7. The molecule has 1 heterocycles.